The first-order chi connectivity index (χ1) is 9.72. The number of aromatic nitrogens is 1. The van der Waals surface area contributed by atoms with E-state index in [-0.39, 0.29) is 6.42 Å². The number of hydrogen-bond acceptors (Lipinski definition) is 5. The van der Waals surface area contributed by atoms with E-state index in [4.69, 9.17) is 19.1 Å². The maximum atomic E-state index is 10.5. The molecule has 1 N–H and O–H groups in total. The molecule has 1 aliphatic heterocycles. The lowest BCUT2D eigenvalue weighted by Crippen LogP contribution is -2.15. The number of benzene rings is 1. The largest absolute Gasteiger partial charge is 0.486 e. The lowest BCUT2D eigenvalue weighted by atomic mass is 10.1. The van der Waals surface area contributed by atoms with Crippen molar-refractivity contribution in [1.29, 1.82) is 0 Å². The first-order valence-corrected chi connectivity index (χ1v) is 6.30. The van der Waals surface area contributed by atoms with Gasteiger partial charge in [0.1, 0.15) is 13.2 Å². The summed E-state index contributed by atoms with van der Waals surface area (Å²) in [5.41, 5.74) is 1.45. The molecule has 1 aromatic heterocycles. The molecule has 0 saturated heterocycles. The second-order valence-electron chi connectivity index (χ2n) is 4.43. The van der Waals surface area contributed by atoms with Gasteiger partial charge in [-0.25, -0.2) is 0 Å². The topological polar surface area (TPSA) is 81.8 Å². The third-order valence-electron chi connectivity index (χ3n) is 2.98. The molecule has 0 radical (unpaired) electrons. The summed E-state index contributed by atoms with van der Waals surface area (Å²) in [6, 6.07) is 7.25. The zero-order chi connectivity index (χ0) is 13.9. The fourth-order valence-corrected chi connectivity index (χ4v) is 2.00. The smallest absolute Gasteiger partial charge is 0.303 e. The van der Waals surface area contributed by atoms with Crippen LogP contribution in [0.2, 0.25) is 0 Å². The van der Waals surface area contributed by atoms with Crippen LogP contribution in [0.1, 0.15) is 12.1 Å². The van der Waals surface area contributed by atoms with Crippen LogP contribution in [-0.4, -0.2) is 29.4 Å². The van der Waals surface area contributed by atoms with Crippen molar-refractivity contribution in [3.05, 3.63) is 30.0 Å². The SMILES string of the molecule is O=C(O)CCc1cc(-c2ccc3c(c2)OCCO3)on1. The fourth-order valence-electron chi connectivity index (χ4n) is 2.00. The van der Waals surface area contributed by atoms with E-state index in [0.717, 1.165) is 5.56 Å². The molecule has 6 nitrogen and oxygen atoms in total. The average Bonchev–Trinajstić information content (AvgIpc) is 2.93. The maximum absolute atomic E-state index is 10.5. The Labute approximate surface area is 114 Å². The van der Waals surface area contributed by atoms with Crippen molar-refractivity contribution in [3.8, 4) is 22.8 Å². The van der Waals surface area contributed by atoms with Crippen molar-refractivity contribution in [1.82, 2.24) is 5.16 Å². The van der Waals surface area contributed by atoms with Crippen molar-refractivity contribution in [2.75, 3.05) is 13.2 Å². The van der Waals surface area contributed by atoms with Crippen molar-refractivity contribution < 1.29 is 23.9 Å². The van der Waals surface area contributed by atoms with Gasteiger partial charge in [-0.15, -0.1) is 0 Å². The number of aliphatic carboxylic acids is 1. The molecule has 0 aliphatic carbocycles. The molecule has 20 heavy (non-hydrogen) atoms. The summed E-state index contributed by atoms with van der Waals surface area (Å²) < 4.78 is 16.2. The van der Waals surface area contributed by atoms with Gasteiger partial charge in [0.05, 0.1) is 12.1 Å². The van der Waals surface area contributed by atoms with Crippen molar-refractivity contribution in [2.24, 2.45) is 0 Å². The van der Waals surface area contributed by atoms with E-state index in [0.29, 0.717) is 42.6 Å². The van der Waals surface area contributed by atoms with E-state index in [1.165, 1.54) is 0 Å². The highest BCUT2D eigenvalue weighted by Gasteiger charge is 2.15. The quantitative estimate of drug-likeness (QED) is 0.920. The Morgan fingerprint density at radius 3 is 2.80 bits per heavy atom. The molecular formula is C14H13NO5. The summed E-state index contributed by atoms with van der Waals surface area (Å²) in [5, 5.41) is 12.5. The third kappa shape index (κ3) is 2.59. The van der Waals surface area contributed by atoms with Crippen molar-refractivity contribution in [3.63, 3.8) is 0 Å². The molecule has 0 bridgehead atoms. The number of carboxylic acid groups (broad SMARTS) is 1. The van der Waals surface area contributed by atoms with Crippen molar-refractivity contribution in [2.45, 2.75) is 12.8 Å². The predicted octanol–water partition coefficient (Wildman–Crippen LogP) is 2.13. The number of hydrogen-bond donors (Lipinski definition) is 1. The molecular weight excluding hydrogens is 262 g/mol. The van der Waals surface area contributed by atoms with Gasteiger partial charge in [-0.05, 0) is 18.2 Å². The van der Waals surface area contributed by atoms with Gasteiger partial charge in [0.25, 0.3) is 0 Å². The van der Waals surface area contributed by atoms with Crippen molar-refractivity contribution >= 4 is 5.97 Å². The third-order valence-corrected chi connectivity index (χ3v) is 2.98. The molecule has 0 fully saturated rings. The highest BCUT2D eigenvalue weighted by atomic mass is 16.6. The summed E-state index contributed by atoms with van der Waals surface area (Å²) in [7, 11) is 0. The van der Waals surface area contributed by atoms with Gasteiger partial charge in [-0.3, -0.25) is 4.79 Å². The van der Waals surface area contributed by atoms with Gasteiger partial charge in [0, 0.05) is 18.1 Å². The van der Waals surface area contributed by atoms with Crippen LogP contribution in [0, 0.1) is 0 Å². The van der Waals surface area contributed by atoms with Gasteiger partial charge >= 0.3 is 5.97 Å². The van der Waals surface area contributed by atoms with Gasteiger partial charge in [-0.2, -0.15) is 0 Å². The minimum atomic E-state index is -0.853. The Bertz CT molecular complexity index is 634. The van der Waals surface area contributed by atoms with E-state index in [1.54, 1.807) is 6.07 Å². The van der Waals surface area contributed by atoms with Crippen LogP contribution in [-0.2, 0) is 11.2 Å². The number of fused-ring (bicyclic) bond motifs is 1. The number of nitrogens with zero attached hydrogens (tertiary/aromatic N) is 1. The second-order valence-corrected chi connectivity index (χ2v) is 4.43. The van der Waals surface area contributed by atoms with Gasteiger partial charge in [0.15, 0.2) is 17.3 Å². The fraction of sp³-hybridized carbons (Fsp3) is 0.286. The molecule has 3 rings (SSSR count). The maximum Gasteiger partial charge on any atom is 0.303 e. The Balaban J connectivity index is 1.80. The molecule has 0 unspecified atom stereocenters. The van der Waals surface area contributed by atoms with E-state index in [1.807, 2.05) is 18.2 Å². The lowest BCUT2D eigenvalue weighted by Gasteiger charge is -2.18. The highest BCUT2D eigenvalue weighted by Crippen LogP contribution is 2.34. The minimum Gasteiger partial charge on any atom is -0.486 e. The van der Waals surface area contributed by atoms with E-state index >= 15 is 0 Å². The summed E-state index contributed by atoms with van der Waals surface area (Å²) in [6.07, 6.45) is 0.385. The molecule has 104 valence electrons. The normalized spacial score (nSPS) is 13.2. The molecule has 2 aromatic rings. The van der Waals surface area contributed by atoms with E-state index < -0.39 is 5.97 Å². The number of carbonyl (C=O) groups is 1. The molecule has 1 aliphatic rings. The molecule has 6 heteroatoms. The average molecular weight is 275 g/mol. The Kier molecular flexibility index (Phi) is 3.28. The molecule has 0 amide bonds. The Morgan fingerprint density at radius 2 is 2.00 bits per heavy atom. The summed E-state index contributed by atoms with van der Waals surface area (Å²) in [5.74, 6) is 1.12. The zero-order valence-electron chi connectivity index (χ0n) is 10.7. The zero-order valence-corrected chi connectivity index (χ0v) is 10.7. The highest BCUT2D eigenvalue weighted by molar-refractivity contribution is 5.67. The summed E-state index contributed by atoms with van der Waals surface area (Å²) in [4.78, 5) is 10.5. The lowest BCUT2D eigenvalue weighted by molar-refractivity contribution is -0.136. The molecule has 0 saturated carbocycles. The molecule has 0 spiro atoms. The van der Waals surface area contributed by atoms with Crippen LogP contribution in [0.15, 0.2) is 28.8 Å². The van der Waals surface area contributed by atoms with Gasteiger partial charge < -0.3 is 19.1 Å². The molecule has 2 heterocycles. The van der Waals surface area contributed by atoms with Gasteiger partial charge in [0.2, 0.25) is 0 Å². The second kappa shape index (κ2) is 5.24. The summed E-state index contributed by atoms with van der Waals surface area (Å²) in [6.45, 7) is 1.07. The predicted molar refractivity (Wildman–Crippen MR) is 68.9 cm³/mol. The number of ether oxygens (including phenoxy) is 2. The van der Waals surface area contributed by atoms with Crippen LogP contribution in [0.3, 0.4) is 0 Å². The minimum absolute atomic E-state index is 0.0348. The first kappa shape index (κ1) is 12.5. The van der Waals surface area contributed by atoms with E-state index in [2.05, 4.69) is 5.16 Å². The Morgan fingerprint density at radius 1 is 1.20 bits per heavy atom. The van der Waals surface area contributed by atoms with E-state index in [9.17, 15) is 4.79 Å². The van der Waals surface area contributed by atoms with Crippen LogP contribution in [0.25, 0.3) is 11.3 Å². The van der Waals surface area contributed by atoms with Crippen LogP contribution in [0.4, 0.5) is 0 Å². The van der Waals surface area contributed by atoms with Crippen LogP contribution < -0.4 is 9.47 Å². The molecule has 0 atom stereocenters. The number of aryl methyl sites for hydroxylation is 1. The summed E-state index contributed by atoms with van der Waals surface area (Å²) >= 11 is 0. The monoisotopic (exact) mass is 275 g/mol. The van der Waals surface area contributed by atoms with Gasteiger partial charge in [-0.1, -0.05) is 5.16 Å². The van der Waals surface area contributed by atoms with Crippen LogP contribution >= 0.6 is 0 Å². The standard InChI is InChI=1S/C14H13NO5/c16-14(17)4-2-10-8-12(20-15-10)9-1-3-11-13(7-9)19-6-5-18-11/h1,3,7-8H,2,4-6H2,(H,16,17). The Hall–Kier alpha value is -2.50. The first-order valence-electron chi connectivity index (χ1n) is 6.30. The number of carboxylic acids is 1. The van der Waals surface area contributed by atoms with Crippen LogP contribution in [0.5, 0.6) is 11.5 Å². The molecule has 1 aromatic carbocycles. The number of rotatable bonds is 4.